The molecule has 2 atom stereocenters. The average molecular weight is 468 g/mol. The molecule has 0 spiro atoms. The van der Waals surface area contributed by atoms with Crippen LogP contribution >= 0.6 is 11.3 Å². The van der Waals surface area contributed by atoms with Gasteiger partial charge in [0.15, 0.2) is 16.8 Å². The molecule has 2 aromatic carbocycles. The molecular formula is C23H25F4N3OS. The van der Waals surface area contributed by atoms with Crippen LogP contribution in [0.25, 0.3) is 10.2 Å². The number of nitrogens with zero attached hydrogens (tertiary/aromatic N) is 2. The number of hydrogen-bond donors (Lipinski definition) is 1. The van der Waals surface area contributed by atoms with Gasteiger partial charge in [-0.2, -0.15) is 0 Å². The van der Waals surface area contributed by atoms with Gasteiger partial charge < -0.3 is 10.2 Å². The summed E-state index contributed by atoms with van der Waals surface area (Å²) in [5.41, 5.74) is 1.28. The lowest BCUT2D eigenvalue weighted by Crippen LogP contribution is -2.32. The number of benzene rings is 2. The predicted molar refractivity (Wildman–Crippen MR) is 119 cm³/mol. The van der Waals surface area contributed by atoms with Crippen LogP contribution in [0, 0.1) is 24.4 Å². The summed E-state index contributed by atoms with van der Waals surface area (Å²) >= 11 is 1.23. The highest BCUT2D eigenvalue weighted by Gasteiger charge is 2.29. The molecule has 0 saturated carbocycles. The van der Waals surface area contributed by atoms with E-state index in [1.54, 1.807) is 24.0 Å². The number of amides is 1. The van der Waals surface area contributed by atoms with E-state index in [0.29, 0.717) is 41.3 Å². The molecule has 1 fully saturated rings. The van der Waals surface area contributed by atoms with E-state index in [4.69, 9.17) is 0 Å². The fourth-order valence-electron chi connectivity index (χ4n) is 3.20. The fourth-order valence-corrected chi connectivity index (χ4v) is 4.15. The van der Waals surface area contributed by atoms with E-state index in [-0.39, 0.29) is 17.5 Å². The van der Waals surface area contributed by atoms with E-state index in [1.165, 1.54) is 17.4 Å². The van der Waals surface area contributed by atoms with Gasteiger partial charge in [0.1, 0.15) is 5.82 Å². The van der Waals surface area contributed by atoms with Gasteiger partial charge in [-0.15, -0.1) is 0 Å². The number of thiazole rings is 1. The number of aryl methyl sites for hydroxylation is 1. The minimum atomic E-state index is -0.933. The van der Waals surface area contributed by atoms with Gasteiger partial charge in [-0.1, -0.05) is 29.9 Å². The number of nitrogens with one attached hydrogen (secondary N) is 1. The maximum absolute atomic E-state index is 14.0. The molecule has 1 saturated heterocycles. The van der Waals surface area contributed by atoms with Crippen LogP contribution in [0.4, 0.5) is 22.7 Å². The Bertz CT molecular complexity index is 1060. The number of rotatable bonds is 4. The summed E-state index contributed by atoms with van der Waals surface area (Å²) in [5.74, 6) is -2.71. The van der Waals surface area contributed by atoms with Gasteiger partial charge in [0.25, 0.3) is 5.91 Å². The molecule has 2 unspecified atom stereocenters. The Labute approximate surface area is 188 Å². The molecule has 3 aromatic rings. The summed E-state index contributed by atoms with van der Waals surface area (Å²) in [6.45, 7) is 6.09. The zero-order valence-electron chi connectivity index (χ0n) is 18.1. The van der Waals surface area contributed by atoms with Crippen LogP contribution in [-0.2, 0) is 0 Å². The van der Waals surface area contributed by atoms with Crippen molar-refractivity contribution in [2.75, 3.05) is 18.4 Å². The average Bonchev–Trinajstić information content (AvgIpc) is 3.37. The Morgan fingerprint density at radius 3 is 2.59 bits per heavy atom. The molecular weight excluding hydrogens is 442 g/mol. The number of fused-ring (bicyclic) bond motifs is 1. The molecule has 0 bridgehead atoms. The van der Waals surface area contributed by atoms with Crippen LogP contribution in [0.3, 0.4) is 0 Å². The third-order valence-corrected chi connectivity index (χ3v) is 6.10. The molecule has 1 aromatic heterocycles. The minimum absolute atomic E-state index is 0.0583. The van der Waals surface area contributed by atoms with Gasteiger partial charge in [-0.25, -0.2) is 22.5 Å². The van der Waals surface area contributed by atoms with Crippen LogP contribution < -0.4 is 5.32 Å². The molecule has 32 heavy (non-hydrogen) atoms. The second kappa shape index (κ2) is 10.3. The third kappa shape index (κ3) is 5.76. The molecule has 0 aliphatic carbocycles. The third-order valence-electron chi connectivity index (χ3n) is 5.15. The van der Waals surface area contributed by atoms with E-state index >= 15 is 0 Å². The van der Waals surface area contributed by atoms with Gasteiger partial charge in [0.05, 0.1) is 22.0 Å². The first-order valence-corrected chi connectivity index (χ1v) is 11.2. The molecule has 2 heterocycles. The Morgan fingerprint density at radius 1 is 1.22 bits per heavy atom. The first-order chi connectivity index (χ1) is 15.2. The number of anilines is 1. The van der Waals surface area contributed by atoms with Crippen molar-refractivity contribution in [1.29, 1.82) is 0 Å². The Balaban J connectivity index is 0.000000523. The molecule has 1 N–H and O–H groups in total. The maximum Gasteiger partial charge on any atom is 0.256 e. The van der Waals surface area contributed by atoms with Crippen molar-refractivity contribution in [2.45, 2.75) is 45.8 Å². The normalized spacial score (nSPS) is 16.6. The fraction of sp³-hybridized carbons (Fsp3) is 0.391. The maximum atomic E-state index is 14.0. The minimum Gasteiger partial charge on any atom is -0.357 e. The number of likely N-dealkylation sites (tertiary alicyclic amines) is 1. The summed E-state index contributed by atoms with van der Waals surface area (Å²) in [6.07, 6.45) is 0.702. The topological polar surface area (TPSA) is 45.2 Å². The van der Waals surface area contributed by atoms with E-state index in [1.807, 2.05) is 13.8 Å². The molecule has 172 valence electrons. The van der Waals surface area contributed by atoms with Crippen LogP contribution in [0.1, 0.15) is 42.6 Å². The van der Waals surface area contributed by atoms with Gasteiger partial charge >= 0.3 is 0 Å². The number of alkyl halides is 1. The SMILES string of the molecule is CCC(C)F.Cc1ccc(F)c(C(=O)N2CCC(Nc3nc4cc(F)c(F)cc4s3)C2)c1. The second-order valence-corrected chi connectivity index (χ2v) is 8.84. The quantitative estimate of drug-likeness (QED) is 0.472. The summed E-state index contributed by atoms with van der Waals surface area (Å²) < 4.78 is 52.6. The Hall–Kier alpha value is -2.68. The molecule has 0 radical (unpaired) electrons. The van der Waals surface area contributed by atoms with E-state index in [2.05, 4.69) is 10.3 Å². The molecule has 1 aliphatic rings. The van der Waals surface area contributed by atoms with Crippen LogP contribution in [0.2, 0.25) is 0 Å². The first-order valence-electron chi connectivity index (χ1n) is 10.4. The second-order valence-electron chi connectivity index (χ2n) is 7.81. The van der Waals surface area contributed by atoms with Gasteiger partial charge in [-0.3, -0.25) is 4.79 Å². The summed E-state index contributed by atoms with van der Waals surface area (Å²) in [6, 6.07) is 6.61. The van der Waals surface area contributed by atoms with Crippen molar-refractivity contribution < 1.29 is 22.4 Å². The highest BCUT2D eigenvalue weighted by Crippen LogP contribution is 2.29. The van der Waals surface area contributed by atoms with E-state index in [0.717, 1.165) is 17.7 Å². The molecule has 9 heteroatoms. The predicted octanol–water partition coefficient (Wildman–Crippen LogP) is 6.10. The molecule has 4 rings (SSSR count). The summed E-state index contributed by atoms with van der Waals surface area (Å²) in [4.78, 5) is 18.5. The number of hydrogen-bond acceptors (Lipinski definition) is 4. The summed E-state index contributed by atoms with van der Waals surface area (Å²) in [5, 5.41) is 3.74. The van der Waals surface area contributed by atoms with Crippen molar-refractivity contribution in [3.05, 3.63) is 58.9 Å². The molecule has 1 aliphatic heterocycles. The van der Waals surface area contributed by atoms with Gasteiger partial charge in [0.2, 0.25) is 0 Å². The van der Waals surface area contributed by atoms with Crippen LogP contribution in [0.5, 0.6) is 0 Å². The van der Waals surface area contributed by atoms with E-state index in [9.17, 15) is 22.4 Å². The number of halogens is 4. The largest absolute Gasteiger partial charge is 0.357 e. The van der Waals surface area contributed by atoms with Crippen molar-refractivity contribution >= 4 is 32.6 Å². The van der Waals surface area contributed by atoms with Crippen LogP contribution in [-0.4, -0.2) is 41.1 Å². The summed E-state index contributed by atoms with van der Waals surface area (Å²) in [7, 11) is 0. The lowest BCUT2D eigenvalue weighted by Gasteiger charge is -2.17. The zero-order valence-corrected chi connectivity index (χ0v) is 18.9. The van der Waals surface area contributed by atoms with Crippen molar-refractivity contribution in [3.63, 3.8) is 0 Å². The van der Waals surface area contributed by atoms with Gasteiger partial charge in [-0.05, 0) is 44.9 Å². The number of carbonyl (C=O) groups excluding carboxylic acids is 1. The number of carbonyl (C=O) groups is 1. The molecule has 4 nitrogen and oxygen atoms in total. The Kier molecular flexibility index (Phi) is 7.71. The van der Waals surface area contributed by atoms with Crippen molar-refractivity contribution in [3.8, 4) is 0 Å². The highest BCUT2D eigenvalue weighted by atomic mass is 32.1. The first kappa shape index (κ1) is 24.0. The van der Waals surface area contributed by atoms with Crippen molar-refractivity contribution in [2.24, 2.45) is 0 Å². The van der Waals surface area contributed by atoms with Gasteiger partial charge in [0, 0.05) is 25.2 Å². The molecule has 1 amide bonds. The highest BCUT2D eigenvalue weighted by molar-refractivity contribution is 7.22. The lowest BCUT2D eigenvalue weighted by molar-refractivity contribution is 0.0787. The van der Waals surface area contributed by atoms with E-state index < -0.39 is 23.6 Å². The Morgan fingerprint density at radius 2 is 1.91 bits per heavy atom. The van der Waals surface area contributed by atoms with Crippen molar-refractivity contribution in [1.82, 2.24) is 9.88 Å². The zero-order chi connectivity index (χ0) is 23.4. The number of aromatic nitrogens is 1. The standard InChI is InChI=1S/C19H16F3N3OS.C4H9F/c1-10-2-3-13(20)12(6-10)18(26)25-5-4-11(9-25)23-19-24-16-7-14(21)15(22)8-17(16)27-19;1-3-4(2)5/h2-3,6-8,11H,4-5,9H2,1H3,(H,23,24);4H,3H2,1-2H3. The lowest BCUT2D eigenvalue weighted by atomic mass is 10.1. The van der Waals surface area contributed by atoms with Crippen LogP contribution in [0.15, 0.2) is 30.3 Å². The smallest absolute Gasteiger partial charge is 0.256 e. The monoisotopic (exact) mass is 467 g/mol.